The van der Waals surface area contributed by atoms with Crippen LogP contribution in [0.4, 0.5) is 0 Å². The van der Waals surface area contributed by atoms with Crippen molar-refractivity contribution in [3.8, 4) is 0 Å². The van der Waals surface area contributed by atoms with Crippen molar-refractivity contribution in [2.75, 3.05) is 19.8 Å². The van der Waals surface area contributed by atoms with Crippen LogP contribution in [0.1, 0.15) is 39.4 Å². The van der Waals surface area contributed by atoms with Gasteiger partial charge in [0.1, 0.15) is 13.2 Å². The molecule has 1 aromatic heterocycles. The molecule has 0 aromatic carbocycles. The van der Waals surface area contributed by atoms with Gasteiger partial charge in [-0.15, -0.1) is 0 Å². The molecule has 0 radical (unpaired) electrons. The Morgan fingerprint density at radius 3 is 2.95 bits per heavy atom. The molecule has 7 nitrogen and oxygen atoms in total. The van der Waals surface area contributed by atoms with Crippen LogP contribution in [0.25, 0.3) is 0 Å². The first-order valence-corrected chi connectivity index (χ1v) is 7.26. The summed E-state index contributed by atoms with van der Waals surface area (Å²) in [6.45, 7) is 9.21. The number of amides is 1. The lowest BCUT2D eigenvalue weighted by molar-refractivity contribution is -0.162. The Hall–Kier alpha value is -1.47. The largest absolute Gasteiger partial charge is 0.372 e. The predicted octanol–water partition coefficient (Wildman–Crippen LogP) is 1.17. The zero-order valence-corrected chi connectivity index (χ0v) is 13.1. The molecular weight excluding hydrogens is 274 g/mol. The van der Waals surface area contributed by atoms with Gasteiger partial charge in [-0.05, 0) is 20.8 Å². The topological polar surface area (TPSA) is 77.7 Å². The molecule has 0 N–H and O–H groups in total. The summed E-state index contributed by atoms with van der Waals surface area (Å²) in [7, 11) is 0. The summed E-state index contributed by atoms with van der Waals surface area (Å²) in [5.41, 5.74) is -0.337. The maximum atomic E-state index is 12.2. The van der Waals surface area contributed by atoms with Crippen LogP contribution in [0, 0.1) is 0 Å². The van der Waals surface area contributed by atoms with E-state index in [-0.39, 0.29) is 30.8 Å². The van der Waals surface area contributed by atoms with Gasteiger partial charge in [0.05, 0.1) is 18.2 Å². The number of aromatic nitrogens is 2. The summed E-state index contributed by atoms with van der Waals surface area (Å²) in [5, 5.41) is 3.78. The number of rotatable bonds is 5. The lowest BCUT2D eigenvalue weighted by atomic mass is 9.97. The molecule has 1 aliphatic heterocycles. The monoisotopic (exact) mass is 297 g/mol. The lowest BCUT2D eigenvalue weighted by Gasteiger charge is -2.44. The number of hydrogen-bond acceptors (Lipinski definition) is 6. The van der Waals surface area contributed by atoms with Crippen LogP contribution < -0.4 is 0 Å². The van der Waals surface area contributed by atoms with Crippen molar-refractivity contribution >= 4 is 5.91 Å². The first-order valence-electron chi connectivity index (χ1n) is 7.26. The summed E-state index contributed by atoms with van der Waals surface area (Å²) in [6, 6.07) is 0.0115. The molecule has 0 spiro atoms. The molecule has 1 atom stereocenters. The van der Waals surface area contributed by atoms with Gasteiger partial charge in [-0.3, -0.25) is 4.79 Å². The van der Waals surface area contributed by atoms with Crippen LogP contribution >= 0.6 is 0 Å². The third-order valence-corrected chi connectivity index (χ3v) is 3.88. The Labute approximate surface area is 124 Å². The maximum absolute atomic E-state index is 12.2. The third kappa shape index (κ3) is 3.79. The second-order valence-corrected chi connectivity index (χ2v) is 5.67. The fourth-order valence-corrected chi connectivity index (χ4v) is 2.24. The molecule has 1 aromatic rings. The molecule has 7 heteroatoms. The molecule has 1 unspecified atom stereocenters. The van der Waals surface area contributed by atoms with E-state index in [0.717, 1.165) is 0 Å². The smallest absolute Gasteiger partial charge is 0.252 e. The third-order valence-electron chi connectivity index (χ3n) is 3.88. The highest BCUT2D eigenvalue weighted by Crippen LogP contribution is 2.24. The second-order valence-electron chi connectivity index (χ2n) is 5.67. The quantitative estimate of drug-likeness (QED) is 0.812. The zero-order chi connectivity index (χ0) is 15.5. The van der Waals surface area contributed by atoms with Gasteiger partial charge in [0.15, 0.2) is 5.82 Å². The minimum Gasteiger partial charge on any atom is -0.372 e. The van der Waals surface area contributed by atoms with Gasteiger partial charge >= 0.3 is 0 Å². The average Bonchev–Trinajstić information content (AvgIpc) is 2.89. The van der Waals surface area contributed by atoms with Gasteiger partial charge in [-0.1, -0.05) is 12.1 Å². The molecule has 1 aliphatic rings. The van der Waals surface area contributed by atoms with Crippen molar-refractivity contribution in [2.45, 2.75) is 52.4 Å². The highest BCUT2D eigenvalue weighted by Gasteiger charge is 2.37. The van der Waals surface area contributed by atoms with E-state index in [9.17, 15) is 4.79 Å². The first-order chi connectivity index (χ1) is 9.94. The minimum absolute atomic E-state index is 0.00422. The van der Waals surface area contributed by atoms with Crippen LogP contribution in [0.5, 0.6) is 0 Å². The molecular formula is C14H23N3O4. The normalized spacial score (nSPS) is 21.5. The van der Waals surface area contributed by atoms with Crippen LogP contribution in [-0.2, 0) is 27.3 Å². The van der Waals surface area contributed by atoms with Crippen LogP contribution in [0.3, 0.4) is 0 Å². The van der Waals surface area contributed by atoms with Gasteiger partial charge in [-0.2, -0.15) is 4.98 Å². The van der Waals surface area contributed by atoms with Crippen molar-refractivity contribution in [3.05, 3.63) is 11.7 Å². The van der Waals surface area contributed by atoms with Gasteiger partial charge < -0.3 is 18.9 Å². The molecule has 1 saturated heterocycles. The highest BCUT2D eigenvalue weighted by atomic mass is 16.5. The molecule has 1 amide bonds. The number of aryl methyl sites for hydroxylation is 1. The molecule has 1 fully saturated rings. The van der Waals surface area contributed by atoms with E-state index in [4.69, 9.17) is 14.0 Å². The zero-order valence-electron chi connectivity index (χ0n) is 13.1. The summed E-state index contributed by atoms with van der Waals surface area (Å²) in [5.74, 6) is 0.993. The van der Waals surface area contributed by atoms with Crippen LogP contribution in [0.15, 0.2) is 4.52 Å². The van der Waals surface area contributed by atoms with E-state index in [2.05, 4.69) is 10.1 Å². The Bertz CT molecular complexity index is 486. The molecule has 0 saturated carbocycles. The fourth-order valence-electron chi connectivity index (χ4n) is 2.24. The molecule has 0 bridgehead atoms. The summed E-state index contributed by atoms with van der Waals surface area (Å²) < 4.78 is 16.1. The fraction of sp³-hybridized carbons (Fsp3) is 0.786. The number of hydrogen-bond donors (Lipinski definition) is 0. The lowest BCUT2D eigenvalue weighted by Crippen LogP contribution is -2.57. The number of nitrogens with zero attached hydrogens (tertiary/aromatic N) is 3. The van der Waals surface area contributed by atoms with Gasteiger partial charge in [0, 0.05) is 13.0 Å². The van der Waals surface area contributed by atoms with E-state index in [1.54, 1.807) is 4.90 Å². The predicted molar refractivity (Wildman–Crippen MR) is 74.5 cm³/mol. The highest BCUT2D eigenvalue weighted by molar-refractivity contribution is 5.78. The van der Waals surface area contributed by atoms with Crippen molar-refractivity contribution in [1.82, 2.24) is 15.0 Å². The maximum Gasteiger partial charge on any atom is 0.252 e. The number of ether oxygens (including phenoxy) is 2. The van der Waals surface area contributed by atoms with E-state index < -0.39 is 0 Å². The van der Waals surface area contributed by atoms with Crippen molar-refractivity contribution in [3.63, 3.8) is 0 Å². The van der Waals surface area contributed by atoms with Gasteiger partial charge in [0.2, 0.25) is 5.91 Å². The Morgan fingerprint density at radius 1 is 1.52 bits per heavy atom. The van der Waals surface area contributed by atoms with Gasteiger partial charge in [-0.25, -0.2) is 0 Å². The summed E-state index contributed by atoms with van der Waals surface area (Å²) >= 11 is 0. The molecule has 0 aliphatic carbocycles. The molecule has 2 rings (SSSR count). The first kappa shape index (κ1) is 15.9. The number of morpholine rings is 1. The molecule has 2 heterocycles. The Balaban J connectivity index is 1.81. The van der Waals surface area contributed by atoms with E-state index in [1.807, 2.05) is 27.7 Å². The van der Waals surface area contributed by atoms with Crippen LogP contribution in [-0.4, -0.2) is 52.3 Å². The number of carbonyl (C=O) groups is 1. The Morgan fingerprint density at radius 2 is 2.29 bits per heavy atom. The van der Waals surface area contributed by atoms with E-state index in [1.165, 1.54) is 0 Å². The summed E-state index contributed by atoms with van der Waals surface area (Å²) in [4.78, 5) is 18.2. The van der Waals surface area contributed by atoms with Crippen molar-refractivity contribution < 1.29 is 18.8 Å². The minimum atomic E-state index is -0.337. The van der Waals surface area contributed by atoms with E-state index in [0.29, 0.717) is 31.3 Å². The summed E-state index contributed by atoms with van der Waals surface area (Å²) in [6.07, 6.45) is 0.711. The van der Waals surface area contributed by atoms with Crippen LogP contribution in [0.2, 0.25) is 0 Å². The van der Waals surface area contributed by atoms with E-state index >= 15 is 0 Å². The van der Waals surface area contributed by atoms with Crippen molar-refractivity contribution in [1.29, 1.82) is 0 Å². The van der Waals surface area contributed by atoms with Crippen molar-refractivity contribution in [2.24, 2.45) is 0 Å². The second kappa shape index (κ2) is 6.53. The number of carbonyl (C=O) groups excluding carboxylic acids is 1. The standard InChI is InChI=1S/C14H23N3O4/c1-5-11-15-12(21-16-11)8-19-9-13(18)17-6-7-20-14(3,4)10(17)2/h10H,5-9H2,1-4H3. The van der Waals surface area contributed by atoms with Gasteiger partial charge in [0.25, 0.3) is 5.89 Å². The molecule has 118 valence electrons. The Kier molecular flexibility index (Phi) is 4.95. The molecule has 21 heavy (non-hydrogen) atoms. The SMILES string of the molecule is CCc1noc(COCC(=O)N2CCOC(C)(C)C2C)n1. The average molecular weight is 297 g/mol.